The molecule has 0 atom stereocenters. The van der Waals surface area contributed by atoms with Crippen molar-refractivity contribution in [3.63, 3.8) is 0 Å². The summed E-state index contributed by atoms with van der Waals surface area (Å²) in [4.78, 5) is 24.8. The fourth-order valence-corrected chi connectivity index (χ4v) is 3.45. The van der Waals surface area contributed by atoms with Crippen molar-refractivity contribution >= 4 is 11.9 Å². The molecule has 1 amide bonds. The maximum absolute atomic E-state index is 12.4. The Hall–Kier alpha value is -3.42. The Morgan fingerprint density at radius 2 is 1.31 bits per heavy atom. The van der Waals surface area contributed by atoms with Crippen molar-refractivity contribution in [3.05, 3.63) is 47.5 Å². The lowest BCUT2D eigenvalue weighted by molar-refractivity contribution is 0.0502. The number of hydrogen-bond donors (Lipinski definition) is 1. The summed E-state index contributed by atoms with van der Waals surface area (Å²) in [6, 6.07) is 9.83. The molecule has 192 valence electrons. The van der Waals surface area contributed by atoms with Gasteiger partial charge in [0.1, 0.15) is 6.61 Å². The van der Waals surface area contributed by atoms with E-state index in [-0.39, 0.29) is 19.1 Å². The maximum atomic E-state index is 12.4. The summed E-state index contributed by atoms with van der Waals surface area (Å²) in [6.45, 7) is 2.99. The summed E-state index contributed by atoms with van der Waals surface area (Å²) in [5.41, 5.74) is 0.759. The molecule has 8 heteroatoms. The lowest BCUT2D eigenvalue weighted by Gasteiger charge is -2.12. The van der Waals surface area contributed by atoms with E-state index in [4.69, 9.17) is 23.7 Å². The summed E-state index contributed by atoms with van der Waals surface area (Å²) in [6.07, 6.45) is 7.10. The average Bonchev–Trinajstić information content (AvgIpc) is 2.89. The Morgan fingerprint density at radius 3 is 2.03 bits per heavy atom. The molecule has 1 N–H and O–H groups in total. The van der Waals surface area contributed by atoms with Crippen molar-refractivity contribution in [3.8, 4) is 23.0 Å². The first-order valence-electron chi connectivity index (χ1n) is 12.0. The van der Waals surface area contributed by atoms with E-state index >= 15 is 0 Å². The Balaban J connectivity index is 1.78. The van der Waals surface area contributed by atoms with Gasteiger partial charge in [0, 0.05) is 5.56 Å². The summed E-state index contributed by atoms with van der Waals surface area (Å²) in [7, 11) is 4.56. The molecule has 0 aromatic heterocycles. The third-order valence-electron chi connectivity index (χ3n) is 5.42. The highest BCUT2D eigenvalue weighted by Gasteiger charge is 2.14. The highest BCUT2D eigenvalue weighted by Crippen LogP contribution is 2.29. The molecule has 8 nitrogen and oxygen atoms in total. The number of rotatable bonds is 16. The first kappa shape index (κ1) is 27.8. The van der Waals surface area contributed by atoms with Gasteiger partial charge >= 0.3 is 5.97 Å². The number of carbonyl (C=O) groups is 2. The van der Waals surface area contributed by atoms with Crippen molar-refractivity contribution in [2.75, 3.05) is 41.1 Å². The van der Waals surface area contributed by atoms with Crippen LogP contribution in [-0.4, -0.2) is 53.0 Å². The number of hydrogen-bond acceptors (Lipinski definition) is 7. The molecule has 0 aliphatic heterocycles. The van der Waals surface area contributed by atoms with Crippen LogP contribution in [0.5, 0.6) is 23.0 Å². The Bertz CT molecular complexity index is 945. The summed E-state index contributed by atoms with van der Waals surface area (Å²) in [5.74, 6) is 1.25. The molecule has 0 heterocycles. The summed E-state index contributed by atoms with van der Waals surface area (Å²) >= 11 is 0. The molecule has 0 aliphatic rings. The van der Waals surface area contributed by atoms with Gasteiger partial charge in [-0.2, -0.15) is 0 Å². The van der Waals surface area contributed by atoms with Gasteiger partial charge in [0.2, 0.25) is 0 Å². The van der Waals surface area contributed by atoms with Crippen LogP contribution in [0.1, 0.15) is 66.2 Å². The number of carbonyl (C=O) groups excluding carboxylic acids is 2. The SMILES string of the molecule is CCCCCCCCOc1ccc(C(=O)OCCNC(=O)c2ccc(OC)c(OC)c2)cc1OC. The first-order valence-corrected chi connectivity index (χ1v) is 12.0. The van der Waals surface area contributed by atoms with Gasteiger partial charge in [0.05, 0.1) is 40.0 Å². The van der Waals surface area contributed by atoms with Crippen LogP contribution in [0.2, 0.25) is 0 Å². The molecule has 0 fully saturated rings. The van der Waals surface area contributed by atoms with E-state index in [0.29, 0.717) is 40.7 Å². The fraction of sp³-hybridized carbons (Fsp3) is 0.481. The molecule has 2 aromatic carbocycles. The quantitative estimate of drug-likeness (QED) is 0.262. The van der Waals surface area contributed by atoms with E-state index in [2.05, 4.69) is 12.2 Å². The topological polar surface area (TPSA) is 92.3 Å². The van der Waals surface area contributed by atoms with Crippen LogP contribution in [-0.2, 0) is 4.74 Å². The second-order valence-corrected chi connectivity index (χ2v) is 7.94. The number of methoxy groups -OCH3 is 3. The smallest absolute Gasteiger partial charge is 0.338 e. The van der Waals surface area contributed by atoms with Crippen LogP contribution in [0, 0.1) is 0 Å². The standard InChI is InChI=1S/C27H37NO7/c1-5-6-7-8-9-10-16-34-23-14-12-21(19-25(23)33-4)27(30)35-17-15-28-26(29)20-11-13-22(31-2)24(18-20)32-3/h11-14,18-19H,5-10,15-17H2,1-4H3,(H,28,29). The molecular formula is C27H37NO7. The van der Waals surface area contributed by atoms with Gasteiger partial charge in [-0.15, -0.1) is 0 Å². The van der Waals surface area contributed by atoms with Crippen LogP contribution < -0.4 is 24.3 Å². The van der Waals surface area contributed by atoms with Crippen molar-refractivity contribution in [2.24, 2.45) is 0 Å². The van der Waals surface area contributed by atoms with Gasteiger partial charge < -0.3 is 29.0 Å². The van der Waals surface area contributed by atoms with Crippen LogP contribution >= 0.6 is 0 Å². The Labute approximate surface area is 207 Å². The molecule has 0 aliphatic carbocycles. The second-order valence-electron chi connectivity index (χ2n) is 7.94. The van der Waals surface area contributed by atoms with Crippen LogP contribution in [0.25, 0.3) is 0 Å². The summed E-state index contributed by atoms with van der Waals surface area (Å²) < 4.78 is 26.9. The van der Waals surface area contributed by atoms with Crippen LogP contribution in [0.3, 0.4) is 0 Å². The molecule has 0 saturated carbocycles. The van der Waals surface area contributed by atoms with Crippen molar-refractivity contribution in [1.29, 1.82) is 0 Å². The van der Waals surface area contributed by atoms with Gasteiger partial charge in [-0.1, -0.05) is 39.0 Å². The molecule has 0 unspecified atom stereocenters. The third kappa shape index (κ3) is 9.03. The molecule has 2 aromatic rings. The minimum absolute atomic E-state index is 0.0243. The van der Waals surface area contributed by atoms with Crippen LogP contribution in [0.4, 0.5) is 0 Å². The van der Waals surface area contributed by atoms with Gasteiger partial charge in [0.25, 0.3) is 5.91 Å². The number of nitrogens with one attached hydrogen (secondary N) is 1. The van der Waals surface area contributed by atoms with E-state index in [1.165, 1.54) is 47.0 Å². The third-order valence-corrected chi connectivity index (χ3v) is 5.42. The average molecular weight is 488 g/mol. The number of unbranched alkanes of at least 4 members (excludes halogenated alkanes) is 5. The zero-order chi connectivity index (χ0) is 25.5. The highest BCUT2D eigenvalue weighted by molar-refractivity contribution is 5.95. The van der Waals surface area contributed by atoms with Gasteiger partial charge in [-0.05, 0) is 42.8 Å². The number of esters is 1. The predicted octanol–water partition coefficient (Wildman–Crippen LogP) is 5.04. The highest BCUT2D eigenvalue weighted by atomic mass is 16.5. The Kier molecular flexibility index (Phi) is 12.3. The minimum Gasteiger partial charge on any atom is -0.493 e. The molecule has 0 radical (unpaired) electrons. The van der Waals surface area contributed by atoms with Gasteiger partial charge in [0.15, 0.2) is 23.0 Å². The largest absolute Gasteiger partial charge is 0.493 e. The van der Waals surface area contributed by atoms with Crippen molar-refractivity contribution in [1.82, 2.24) is 5.32 Å². The molecule has 35 heavy (non-hydrogen) atoms. The van der Waals surface area contributed by atoms with E-state index in [0.717, 1.165) is 12.8 Å². The van der Waals surface area contributed by atoms with E-state index in [1.54, 1.807) is 36.4 Å². The maximum Gasteiger partial charge on any atom is 0.338 e. The van der Waals surface area contributed by atoms with Gasteiger partial charge in [-0.25, -0.2) is 4.79 Å². The fourth-order valence-electron chi connectivity index (χ4n) is 3.45. The minimum atomic E-state index is -0.508. The Morgan fingerprint density at radius 1 is 0.714 bits per heavy atom. The molecule has 0 bridgehead atoms. The molecule has 2 rings (SSSR count). The first-order chi connectivity index (χ1) is 17.0. The van der Waals surface area contributed by atoms with Crippen molar-refractivity contribution in [2.45, 2.75) is 45.4 Å². The predicted molar refractivity (Wildman–Crippen MR) is 134 cm³/mol. The number of benzene rings is 2. The monoisotopic (exact) mass is 487 g/mol. The normalized spacial score (nSPS) is 10.4. The lowest BCUT2D eigenvalue weighted by atomic mass is 10.1. The van der Waals surface area contributed by atoms with Crippen molar-refractivity contribution < 1.29 is 33.3 Å². The van der Waals surface area contributed by atoms with E-state index in [9.17, 15) is 9.59 Å². The number of amides is 1. The van der Waals surface area contributed by atoms with E-state index in [1.807, 2.05) is 0 Å². The molecular weight excluding hydrogens is 450 g/mol. The molecule has 0 spiro atoms. The summed E-state index contributed by atoms with van der Waals surface area (Å²) in [5, 5.41) is 2.71. The van der Waals surface area contributed by atoms with E-state index < -0.39 is 5.97 Å². The lowest BCUT2D eigenvalue weighted by Crippen LogP contribution is -2.28. The number of ether oxygens (including phenoxy) is 5. The van der Waals surface area contributed by atoms with Gasteiger partial charge in [-0.3, -0.25) is 4.79 Å². The second kappa shape index (κ2) is 15.5. The zero-order valence-corrected chi connectivity index (χ0v) is 21.2. The zero-order valence-electron chi connectivity index (χ0n) is 21.2. The van der Waals surface area contributed by atoms with Crippen LogP contribution in [0.15, 0.2) is 36.4 Å². The molecule has 0 saturated heterocycles.